The van der Waals surface area contributed by atoms with Crippen LogP contribution in [-0.2, 0) is 5.54 Å². The van der Waals surface area contributed by atoms with Crippen LogP contribution in [0.3, 0.4) is 0 Å². The van der Waals surface area contributed by atoms with Gasteiger partial charge in [-0.1, -0.05) is 18.2 Å². The molecule has 1 amide bonds. The second kappa shape index (κ2) is 6.70. The maximum Gasteiger partial charge on any atom is 0.269 e. The molecule has 0 radical (unpaired) electrons. The van der Waals surface area contributed by atoms with Crippen molar-refractivity contribution in [3.63, 3.8) is 0 Å². The highest BCUT2D eigenvalue weighted by Crippen LogP contribution is 2.30. The summed E-state index contributed by atoms with van der Waals surface area (Å²) >= 11 is 0. The number of benzene rings is 2. The predicted molar refractivity (Wildman–Crippen MR) is 91.3 cm³/mol. The minimum absolute atomic E-state index is 0.0342. The molecule has 0 aliphatic heterocycles. The molecule has 2 rings (SSSR count). The first-order chi connectivity index (χ1) is 11.3. The fraction of sp³-hybridized carbons (Fsp3) is 0.278. The summed E-state index contributed by atoms with van der Waals surface area (Å²) in [7, 11) is 1.58. The summed E-state index contributed by atoms with van der Waals surface area (Å²) in [5.74, 6) is 0.390. The van der Waals surface area contributed by atoms with Crippen LogP contribution in [0.25, 0.3) is 0 Å². The third kappa shape index (κ3) is 3.53. The Morgan fingerprint density at radius 1 is 1.21 bits per heavy atom. The summed E-state index contributed by atoms with van der Waals surface area (Å²) in [5, 5.41) is 13.8. The highest BCUT2D eigenvalue weighted by Gasteiger charge is 2.27. The van der Waals surface area contributed by atoms with Gasteiger partial charge in [0.2, 0.25) is 0 Å². The van der Waals surface area contributed by atoms with Gasteiger partial charge in [-0.2, -0.15) is 0 Å². The molecule has 0 aromatic heterocycles. The van der Waals surface area contributed by atoms with Crippen molar-refractivity contribution in [2.45, 2.75) is 26.3 Å². The zero-order valence-corrected chi connectivity index (χ0v) is 14.1. The number of aryl methyl sites for hydroxylation is 1. The van der Waals surface area contributed by atoms with Crippen molar-refractivity contribution >= 4 is 11.6 Å². The molecule has 6 heteroatoms. The monoisotopic (exact) mass is 328 g/mol. The van der Waals surface area contributed by atoms with E-state index in [1.807, 2.05) is 38.1 Å². The second-order valence-electron chi connectivity index (χ2n) is 6.04. The first kappa shape index (κ1) is 17.5. The van der Waals surface area contributed by atoms with Gasteiger partial charge in [0, 0.05) is 23.3 Å². The van der Waals surface area contributed by atoms with Gasteiger partial charge < -0.3 is 10.1 Å². The van der Waals surface area contributed by atoms with Gasteiger partial charge in [-0.15, -0.1) is 0 Å². The van der Waals surface area contributed by atoms with Gasteiger partial charge in [0.1, 0.15) is 5.75 Å². The van der Waals surface area contributed by atoms with Crippen LogP contribution in [-0.4, -0.2) is 17.9 Å². The predicted octanol–water partition coefficient (Wildman–Crippen LogP) is 3.58. The highest BCUT2D eigenvalue weighted by molar-refractivity contribution is 5.96. The van der Waals surface area contributed by atoms with Crippen LogP contribution in [0.15, 0.2) is 42.5 Å². The van der Waals surface area contributed by atoms with Gasteiger partial charge in [0.05, 0.1) is 17.6 Å². The number of para-hydroxylation sites is 1. The molecule has 0 heterocycles. The van der Waals surface area contributed by atoms with Crippen molar-refractivity contribution in [3.05, 3.63) is 69.3 Å². The second-order valence-corrected chi connectivity index (χ2v) is 6.04. The molecule has 126 valence electrons. The number of methoxy groups -OCH3 is 1. The number of hydrogen-bond donors (Lipinski definition) is 1. The lowest BCUT2D eigenvalue weighted by Gasteiger charge is -2.28. The first-order valence-corrected chi connectivity index (χ1v) is 7.47. The summed E-state index contributed by atoms with van der Waals surface area (Å²) in [6, 6.07) is 11.7. The van der Waals surface area contributed by atoms with Gasteiger partial charge in [0.25, 0.3) is 11.6 Å². The number of rotatable bonds is 5. The molecule has 0 fully saturated rings. The first-order valence-electron chi connectivity index (χ1n) is 7.47. The molecule has 0 atom stereocenters. The van der Waals surface area contributed by atoms with Crippen molar-refractivity contribution < 1.29 is 14.5 Å². The largest absolute Gasteiger partial charge is 0.496 e. The number of hydrogen-bond acceptors (Lipinski definition) is 4. The van der Waals surface area contributed by atoms with Crippen LogP contribution in [0.5, 0.6) is 5.75 Å². The number of carbonyl (C=O) groups excluding carboxylic acids is 1. The number of nitro groups is 1. The third-order valence-electron chi connectivity index (χ3n) is 3.87. The summed E-state index contributed by atoms with van der Waals surface area (Å²) in [4.78, 5) is 22.9. The van der Waals surface area contributed by atoms with Crippen molar-refractivity contribution in [1.82, 2.24) is 5.32 Å². The molecule has 0 bridgehead atoms. The van der Waals surface area contributed by atoms with Crippen LogP contribution in [0.1, 0.15) is 35.3 Å². The number of nitrogens with one attached hydrogen (secondary N) is 1. The SMILES string of the molecule is COc1ccccc1C(C)(C)NC(=O)c1ccc([N+](=O)[O-])cc1C. The molecular weight excluding hydrogens is 308 g/mol. The molecule has 1 N–H and O–H groups in total. The highest BCUT2D eigenvalue weighted by atomic mass is 16.6. The average Bonchev–Trinajstić information content (AvgIpc) is 2.54. The number of non-ortho nitro benzene ring substituents is 1. The fourth-order valence-electron chi connectivity index (χ4n) is 2.60. The fourth-order valence-corrected chi connectivity index (χ4v) is 2.60. The van der Waals surface area contributed by atoms with Gasteiger partial charge in [-0.25, -0.2) is 0 Å². The van der Waals surface area contributed by atoms with Crippen LogP contribution in [0.2, 0.25) is 0 Å². The smallest absolute Gasteiger partial charge is 0.269 e. The Bertz CT molecular complexity index is 784. The topological polar surface area (TPSA) is 81.5 Å². The number of nitrogens with zero attached hydrogens (tertiary/aromatic N) is 1. The van der Waals surface area contributed by atoms with E-state index in [9.17, 15) is 14.9 Å². The van der Waals surface area contributed by atoms with E-state index >= 15 is 0 Å². The standard InChI is InChI=1S/C18H20N2O4/c1-12-11-13(20(22)23)9-10-14(12)17(21)19-18(2,3)15-7-5-6-8-16(15)24-4/h5-11H,1-4H3,(H,19,21). The number of amides is 1. The molecular formula is C18H20N2O4. The van der Waals surface area contributed by atoms with E-state index in [1.165, 1.54) is 18.2 Å². The van der Waals surface area contributed by atoms with Crippen LogP contribution in [0, 0.1) is 17.0 Å². The van der Waals surface area contributed by atoms with E-state index in [0.717, 1.165) is 5.56 Å². The molecule has 0 saturated heterocycles. The number of carbonyl (C=O) groups is 1. The lowest BCUT2D eigenvalue weighted by Crippen LogP contribution is -2.41. The average molecular weight is 328 g/mol. The van der Waals surface area contributed by atoms with Crippen molar-refractivity contribution in [2.75, 3.05) is 7.11 Å². The molecule has 0 spiro atoms. The van der Waals surface area contributed by atoms with Gasteiger partial charge >= 0.3 is 0 Å². The minimum atomic E-state index is -0.669. The molecule has 2 aromatic carbocycles. The van der Waals surface area contributed by atoms with Gasteiger partial charge in [0.15, 0.2) is 0 Å². The summed E-state index contributed by atoms with van der Waals surface area (Å²) in [6.07, 6.45) is 0. The molecule has 0 saturated carbocycles. The van der Waals surface area contributed by atoms with Crippen molar-refractivity contribution in [3.8, 4) is 5.75 Å². The lowest BCUT2D eigenvalue weighted by molar-refractivity contribution is -0.384. The van der Waals surface area contributed by atoms with E-state index in [1.54, 1.807) is 14.0 Å². The lowest BCUT2D eigenvalue weighted by atomic mass is 9.92. The van der Waals surface area contributed by atoms with Crippen LogP contribution in [0.4, 0.5) is 5.69 Å². The molecule has 24 heavy (non-hydrogen) atoms. The maximum atomic E-state index is 12.6. The van der Waals surface area contributed by atoms with Crippen molar-refractivity contribution in [2.24, 2.45) is 0 Å². The van der Waals surface area contributed by atoms with Crippen molar-refractivity contribution in [1.29, 1.82) is 0 Å². The normalized spacial score (nSPS) is 11.0. The van der Waals surface area contributed by atoms with E-state index in [2.05, 4.69) is 5.32 Å². The van der Waals surface area contributed by atoms with Gasteiger partial charge in [-0.3, -0.25) is 14.9 Å². The summed E-state index contributed by atoms with van der Waals surface area (Å²) in [6.45, 7) is 5.44. The minimum Gasteiger partial charge on any atom is -0.496 e. The Balaban J connectivity index is 2.30. The Morgan fingerprint density at radius 3 is 2.46 bits per heavy atom. The van der Waals surface area contributed by atoms with Gasteiger partial charge in [-0.05, 0) is 38.5 Å². The Labute approximate surface area is 140 Å². The maximum absolute atomic E-state index is 12.6. The third-order valence-corrected chi connectivity index (χ3v) is 3.87. The Morgan fingerprint density at radius 2 is 1.88 bits per heavy atom. The zero-order chi connectivity index (χ0) is 17.9. The molecule has 2 aromatic rings. The van der Waals surface area contributed by atoms with E-state index in [0.29, 0.717) is 16.9 Å². The van der Waals surface area contributed by atoms with E-state index < -0.39 is 10.5 Å². The molecule has 0 aliphatic carbocycles. The number of nitro benzene ring substituents is 1. The molecule has 6 nitrogen and oxygen atoms in total. The van der Waals surface area contributed by atoms with E-state index in [-0.39, 0.29) is 11.6 Å². The summed E-state index contributed by atoms with van der Waals surface area (Å²) < 4.78 is 5.36. The quantitative estimate of drug-likeness (QED) is 0.672. The molecule has 0 aliphatic rings. The Kier molecular flexibility index (Phi) is 4.87. The Hall–Kier alpha value is -2.89. The van der Waals surface area contributed by atoms with Crippen LogP contribution < -0.4 is 10.1 Å². The molecule has 0 unspecified atom stereocenters. The van der Waals surface area contributed by atoms with Crippen LogP contribution >= 0.6 is 0 Å². The number of ether oxygens (including phenoxy) is 1. The van der Waals surface area contributed by atoms with E-state index in [4.69, 9.17) is 4.74 Å². The zero-order valence-electron chi connectivity index (χ0n) is 14.1. The summed E-state index contributed by atoms with van der Waals surface area (Å²) in [5.41, 5.74) is 1.10.